The van der Waals surface area contributed by atoms with Crippen LogP contribution < -0.4 is 11.3 Å². The van der Waals surface area contributed by atoms with Crippen LogP contribution in [0.3, 0.4) is 0 Å². The fraction of sp³-hybridized carbons (Fsp3) is 0.500. The zero-order chi connectivity index (χ0) is 23.5. The van der Waals surface area contributed by atoms with Gasteiger partial charge < -0.3 is 30.5 Å². The quantitative estimate of drug-likeness (QED) is 0.408. The zero-order valence-electron chi connectivity index (χ0n) is 18.8. The van der Waals surface area contributed by atoms with Crippen molar-refractivity contribution in [2.45, 2.75) is 45.6 Å². The van der Waals surface area contributed by atoms with E-state index in [0.29, 0.717) is 29.0 Å². The Balaban J connectivity index is 2.64. The van der Waals surface area contributed by atoms with E-state index < -0.39 is 23.9 Å². The number of benzene rings is 1. The monoisotopic (exact) mass is 431 g/mol. The largest absolute Gasteiger partial charge is 0.389 e. The van der Waals surface area contributed by atoms with Crippen LogP contribution in [0.1, 0.15) is 23.7 Å². The number of rotatable bonds is 9. The lowest BCUT2D eigenvalue weighted by Gasteiger charge is -2.23. The molecule has 0 aliphatic heterocycles. The summed E-state index contributed by atoms with van der Waals surface area (Å²) in [6, 6.07) is 3.68. The first-order chi connectivity index (χ1) is 14.5. The molecule has 5 N–H and O–H groups in total. The molecule has 0 unspecified atom stereocenters. The fourth-order valence-electron chi connectivity index (χ4n) is 3.30. The molecule has 1 heterocycles. The van der Waals surface area contributed by atoms with Gasteiger partial charge in [-0.05, 0) is 58.1 Å². The highest BCUT2D eigenvalue weighted by Gasteiger charge is 2.26. The molecule has 3 atom stereocenters. The average molecular weight is 432 g/mol. The van der Waals surface area contributed by atoms with Crippen LogP contribution in [0.2, 0.25) is 0 Å². The third-order valence-corrected chi connectivity index (χ3v) is 5.13. The van der Waals surface area contributed by atoms with Crippen LogP contribution in [0, 0.1) is 13.8 Å². The molecule has 9 heteroatoms. The van der Waals surface area contributed by atoms with Crippen LogP contribution in [0.15, 0.2) is 34.2 Å². The van der Waals surface area contributed by atoms with Crippen molar-refractivity contribution in [3.8, 4) is 0 Å². The summed E-state index contributed by atoms with van der Waals surface area (Å²) in [5.41, 5.74) is 9.08. The van der Waals surface area contributed by atoms with Gasteiger partial charge in [-0.2, -0.15) is 0 Å². The predicted octanol–water partition coefficient (Wildman–Crippen LogP) is -0.0610. The van der Waals surface area contributed by atoms with E-state index in [1.165, 1.54) is 4.57 Å². The van der Waals surface area contributed by atoms with E-state index >= 15 is 0 Å². The van der Waals surface area contributed by atoms with E-state index in [-0.39, 0.29) is 18.8 Å². The van der Waals surface area contributed by atoms with Gasteiger partial charge in [0.15, 0.2) is 5.69 Å². The fourth-order valence-corrected chi connectivity index (χ4v) is 3.30. The van der Waals surface area contributed by atoms with Gasteiger partial charge in [0.05, 0.1) is 29.4 Å². The van der Waals surface area contributed by atoms with E-state index in [4.69, 9.17) is 5.73 Å². The number of fused-ring (bicyclic) bond motifs is 1. The second-order valence-corrected chi connectivity index (χ2v) is 8.16. The molecule has 2 rings (SSSR count). The third-order valence-electron chi connectivity index (χ3n) is 5.13. The maximum Gasteiger partial charge on any atom is 0.278 e. The molecule has 1 aromatic carbocycles. The number of aromatic nitrogens is 2. The summed E-state index contributed by atoms with van der Waals surface area (Å²) in [7, 11) is 3.79. The van der Waals surface area contributed by atoms with Crippen molar-refractivity contribution >= 4 is 16.7 Å². The molecule has 0 fully saturated rings. The highest BCUT2D eigenvalue weighted by atomic mass is 16.4. The number of aliphatic hydroxyl groups excluding tert-OH is 3. The van der Waals surface area contributed by atoms with E-state index in [2.05, 4.69) is 16.6 Å². The van der Waals surface area contributed by atoms with Crippen LogP contribution in [0.4, 0.5) is 0 Å². The van der Waals surface area contributed by atoms with Crippen molar-refractivity contribution in [1.82, 2.24) is 14.5 Å². The second-order valence-electron chi connectivity index (χ2n) is 8.16. The molecule has 0 amide bonds. The third kappa shape index (κ3) is 5.84. The number of nitrogens with zero attached hydrogens (tertiary/aromatic N) is 4. The Labute approximate surface area is 182 Å². The summed E-state index contributed by atoms with van der Waals surface area (Å²) in [5, 5.41) is 30.4. The van der Waals surface area contributed by atoms with Gasteiger partial charge in [0.2, 0.25) is 0 Å². The molecule has 0 spiro atoms. The minimum atomic E-state index is -1.50. The summed E-state index contributed by atoms with van der Waals surface area (Å²) in [6.07, 6.45) is -4.21. The highest BCUT2D eigenvalue weighted by Crippen LogP contribution is 2.18. The van der Waals surface area contributed by atoms with Gasteiger partial charge in [-0.15, -0.1) is 0 Å². The highest BCUT2D eigenvalue weighted by molar-refractivity contribution is 5.98. The van der Waals surface area contributed by atoms with Crippen LogP contribution in [-0.2, 0) is 6.54 Å². The zero-order valence-corrected chi connectivity index (χ0v) is 18.8. The van der Waals surface area contributed by atoms with Crippen molar-refractivity contribution in [2.75, 3.05) is 27.2 Å². The number of aliphatic hydroxyl groups is 3. The smallest absolute Gasteiger partial charge is 0.278 e. The minimum absolute atomic E-state index is 0.136. The van der Waals surface area contributed by atoms with Gasteiger partial charge in [-0.1, -0.05) is 6.58 Å². The molecule has 0 radical (unpaired) electrons. The van der Waals surface area contributed by atoms with Gasteiger partial charge in [-0.25, -0.2) is 4.98 Å². The average Bonchev–Trinajstić information content (AvgIpc) is 2.69. The molecule has 0 aliphatic carbocycles. The summed E-state index contributed by atoms with van der Waals surface area (Å²) in [6.45, 7) is 9.54. The second kappa shape index (κ2) is 10.3. The minimum Gasteiger partial charge on any atom is -0.389 e. The van der Waals surface area contributed by atoms with Crippen LogP contribution in [-0.4, -0.2) is 81.0 Å². The van der Waals surface area contributed by atoms with Gasteiger partial charge in [-0.3, -0.25) is 9.79 Å². The summed E-state index contributed by atoms with van der Waals surface area (Å²) < 4.78 is 1.36. The van der Waals surface area contributed by atoms with Gasteiger partial charge in [0.25, 0.3) is 5.56 Å². The molecule has 0 aliphatic rings. The lowest BCUT2D eigenvalue weighted by atomic mass is 10.1. The standard InChI is InChI=1S/C22H33N5O4/c1-12-7-16-17(8-13(12)2)27(11-19(29)21(30)18(28)9-23)22(31)20(25-16)15(4)24-14(3)10-26(5)6/h7-8,18-19,21,28-30H,3,9-11,23H2,1-2,4-6H3/b24-15+/t18-,19+,21-/m1/s1. The van der Waals surface area contributed by atoms with Gasteiger partial charge in [0, 0.05) is 18.8 Å². The Bertz CT molecular complexity index is 1040. The van der Waals surface area contributed by atoms with Crippen molar-refractivity contribution < 1.29 is 15.3 Å². The number of aliphatic imine (C=N–C) groups is 1. The van der Waals surface area contributed by atoms with Crippen molar-refractivity contribution in [1.29, 1.82) is 0 Å². The molecule has 0 saturated heterocycles. The van der Waals surface area contributed by atoms with E-state index in [0.717, 1.165) is 11.1 Å². The number of hydrogen-bond donors (Lipinski definition) is 4. The Morgan fingerprint density at radius 1 is 1.23 bits per heavy atom. The number of likely N-dealkylation sites (N-methyl/N-ethyl adjacent to an activating group) is 1. The van der Waals surface area contributed by atoms with Gasteiger partial charge in [0.1, 0.15) is 12.2 Å². The summed E-state index contributed by atoms with van der Waals surface area (Å²) in [4.78, 5) is 24.2. The maximum absolute atomic E-state index is 13.3. The number of hydrogen-bond acceptors (Lipinski definition) is 8. The van der Waals surface area contributed by atoms with E-state index in [1.807, 2.05) is 45.0 Å². The molecule has 0 saturated carbocycles. The number of aryl methyl sites for hydroxylation is 2. The molecule has 31 heavy (non-hydrogen) atoms. The molecule has 170 valence electrons. The lowest BCUT2D eigenvalue weighted by molar-refractivity contribution is -0.0605. The van der Waals surface area contributed by atoms with Crippen molar-refractivity contribution in [3.63, 3.8) is 0 Å². The van der Waals surface area contributed by atoms with E-state index in [1.54, 1.807) is 6.92 Å². The van der Waals surface area contributed by atoms with Crippen molar-refractivity contribution in [2.24, 2.45) is 10.7 Å². The Kier molecular flexibility index (Phi) is 8.21. The number of nitrogens with two attached hydrogens (primary N) is 1. The Hall–Kier alpha value is -2.43. The normalized spacial score (nSPS) is 15.4. The lowest BCUT2D eigenvalue weighted by Crippen LogP contribution is -2.45. The summed E-state index contributed by atoms with van der Waals surface area (Å²) in [5.74, 6) is 0. The topological polar surface area (TPSA) is 137 Å². The molecule has 1 aromatic heterocycles. The first-order valence-corrected chi connectivity index (χ1v) is 10.1. The Morgan fingerprint density at radius 2 is 1.84 bits per heavy atom. The maximum atomic E-state index is 13.3. The molecule has 9 nitrogen and oxygen atoms in total. The molecule has 0 bridgehead atoms. The van der Waals surface area contributed by atoms with E-state index in [9.17, 15) is 20.1 Å². The molecular weight excluding hydrogens is 398 g/mol. The van der Waals surface area contributed by atoms with Crippen LogP contribution >= 0.6 is 0 Å². The SMILES string of the molecule is C=C(CN(C)C)/N=C(\C)c1nc2cc(C)c(C)cc2n(C[C@H](O)[C@H](O)[C@H](O)CN)c1=O. The first kappa shape index (κ1) is 24.8. The molecule has 2 aromatic rings. The molecular formula is C22H33N5O4. The summed E-state index contributed by atoms with van der Waals surface area (Å²) >= 11 is 0. The first-order valence-electron chi connectivity index (χ1n) is 10.1. The Morgan fingerprint density at radius 3 is 2.42 bits per heavy atom. The van der Waals surface area contributed by atoms with Gasteiger partial charge >= 0.3 is 0 Å². The van der Waals surface area contributed by atoms with Crippen LogP contribution in [0.25, 0.3) is 11.0 Å². The van der Waals surface area contributed by atoms with Crippen molar-refractivity contribution in [3.05, 3.63) is 51.6 Å². The predicted molar refractivity (Wildman–Crippen MR) is 122 cm³/mol. The van der Waals surface area contributed by atoms with Crippen LogP contribution in [0.5, 0.6) is 0 Å².